The number of hydrogen-bond acceptors (Lipinski definition) is 0. The van der Waals surface area contributed by atoms with Gasteiger partial charge in [0.25, 0.3) is 6.08 Å². The van der Waals surface area contributed by atoms with Gasteiger partial charge in [-0.05, 0) is 18.6 Å². The van der Waals surface area contributed by atoms with E-state index in [0.29, 0.717) is 11.1 Å². The minimum absolute atomic E-state index is 0.0116. The first-order chi connectivity index (χ1) is 9.66. The zero-order chi connectivity index (χ0) is 14.1. The zero-order valence-corrected chi connectivity index (χ0v) is 11.0. The van der Waals surface area contributed by atoms with E-state index in [1.807, 2.05) is 43.3 Å². The summed E-state index contributed by atoms with van der Waals surface area (Å²) in [7, 11) is 0. The van der Waals surface area contributed by atoms with Gasteiger partial charge >= 0.3 is 0 Å². The molecular weight excluding hydrogens is 256 g/mol. The van der Waals surface area contributed by atoms with Gasteiger partial charge in [0, 0.05) is 22.7 Å². The van der Waals surface area contributed by atoms with Crippen LogP contribution in [0.15, 0.2) is 60.8 Å². The second-order valence-corrected chi connectivity index (χ2v) is 4.75. The fourth-order valence-corrected chi connectivity index (χ4v) is 2.36. The van der Waals surface area contributed by atoms with Gasteiger partial charge in [-0.15, -0.1) is 0 Å². The summed E-state index contributed by atoms with van der Waals surface area (Å²) in [4.78, 5) is 3.04. The van der Waals surface area contributed by atoms with Gasteiger partial charge in [0.1, 0.15) is 0 Å². The van der Waals surface area contributed by atoms with E-state index in [-0.39, 0.29) is 5.57 Å². The Labute approximate surface area is 115 Å². The molecule has 0 amide bonds. The summed E-state index contributed by atoms with van der Waals surface area (Å²) in [5.41, 5.74) is 2.95. The van der Waals surface area contributed by atoms with E-state index < -0.39 is 6.08 Å². The van der Waals surface area contributed by atoms with E-state index in [1.165, 1.54) is 0 Å². The van der Waals surface area contributed by atoms with Crippen molar-refractivity contribution in [2.75, 3.05) is 0 Å². The van der Waals surface area contributed by atoms with E-state index >= 15 is 0 Å². The van der Waals surface area contributed by atoms with Crippen LogP contribution in [0.4, 0.5) is 8.78 Å². The van der Waals surface area contributed by atoms with Gasteiger partial charge in [-0.2, -0.15) is 8.78 Å². The highest BCUT2D eigenvalue weighted by Gasteiger charge is 2.15. The van der Waals surface area contributed by atoms with Gasteiger partial charge in [0.2, 0.25) is 0 Å². The van der Waals surface area contributed by atoms with Crippen LogP contribution in [-0.4, -0.2) is 4.98 Å². The summed E-state index contributed by atoms with van der Waals surface area (Å²) in [5.74, 6) is 0. The lowest BCUT2D eigenvalue weighted by Crippen LogP contribution is -1.89. The Morgan fingerprint density at radius 2 is 1.65 bits per heavy atom. The maximum Gasteiger partial charge on any atom is 0.278 e. The molecule has 0 aliphatic carbocycles. The number of para-hydroxylation sites is 1. The Kier molecular flexibility index (Phi) is 3.11. The van der Waals surface area contributed by atoms with Crippen LogP contribution in [0.25, 0.3) is 16.5 Å². The third kappa shape index (κ3) is 2.11. The van der Waals surface area contributed by atoms with E-state index in [4.69, 9.17) is 0 Å². The Balaban J connectivity index is 2.22. The molecule has 0 saturated heterocycles. The molecule has 0 aliphatic heterocycles. The molecule has 0 bridgehead atoms. The van der Waals surface area contributed by atoms with Crippen LogP contribution >= 0.6 is 0 Å². The quantitative estimate of drug-likeness (QED) is 0.663. The van der Waals surface area contributed by atoms with Crippen molar-refractivity contribution >= 4 is 16.5 Å². The number of nitrogens with one attached hydrogen (secondary N) is 1. The highest BCUT2D eigenvalue weighted by atomic mass is 19.3. The van der Waals surface area contributed by atoms with Crippen molar-refractivity contribution in [2.24, 2.45) is 0 Å². The predicted molar refractivity (Wildman–Crippen MR) is 77.7 cm³/mol. The highest BCUT2D eigenvalue weighted by molar-refractivity contribution is 5.97. The van der Waals surface area contributed by atoms with Gasteiger partial charge in [0.05, 0.1) is 5.57 Å². The van der Waals surface area contributed by atoms with Gasteiger partial charge in [0.15, 0.2) is 0 Å². The zero-order valence-electron chi connectivity index (χ0n) is 11.0. The van der Waals surface area contributed by atoms with Crippen molar-refractivity contribution < 1.29 is 8.78 Å². The third-order valence-corrected chi connectivity index (χ3v) is 3.39. The number of benzene rings is 2. The minimum atomic E-state index is -1.67. The molecule has 0 aliphatic rings. The summed E-state index contributed by atoms with van der Waals surface area (Å²) in [6, 6.07) is 14.6. The molecule has 3 heteroatoms. The number of aromatic amines is 1. The first-order valence-corrected chi connectivity index (χ1v) is 6.35. The summed E-state index contributed by atoms with van der Waals surface area (Å²) >= 11 is 0. The molecule has 1 aromatic heterocycles. The van der Waals surface area contributed by atoms with E-state index in [9.17, 15) is 8.78 Å². The Morgan fingerprint density at radius 3 is 2.35 bits per heavy atom. The molecule has 0 spiro atoms. The average molecular weight is 269 g/mol. The molecule has 3 rings (SSSR count). The summed E-state index contributed by atoms with van der Waals surface area (Å²) in [5, 5.41) is 0.802. The largest absolute Gasteiger partial charge is 0.361 e. The summed E-state index contributed by atoms with van der Waals surface area (Å²) < 4.78 is 26.9. The molecule has 100 valence electrons. The topological polar surface area (TPSA) is 15.8 Å². The normalized spacial score (nSPS) is 10.8. The molecule has 1 heterocycles. The smallest absolute Gasteiger partial charge is 0.278 e. The number of halogens is 2. The molecule has 20 heavy (non-hydrogen) atoms. The van der Waals surface area contributed by atoms with Crippen molar-refractivity contribution in [3.63, 3.8) is 0 Å². The number of hydrogen-bond donors (Lipinski definition) is 1. The van der Waals surface area contributed by atoms with Crippen molar-refractivity contribution in [3.8, 4) is 0 Å². The van der Waals surface area contributed by atoms with Crippen molar-refractivity contribution in [1.29, 1.82) is 0 Å². The van der Waals surface area contributed by atoms with Gasteiger partial charge in [-0.3, -0.25) is 0 Å². The van der Waals surface area contributed by atoms with Crippen molar-refractivity contribution in [2.45, 2.75) is 6.92 Å². The van der Waals surface area contributed by atoms with Gasteiger partial charge in [-0.1, -0.05) is 48.0 Å². The number of fused-ring (bicyclic) bond motifs is 1. The van der Waals surface area contributed by atoms with Crippen LogP contribution in [0.2, 0.25) is 0 Å². The lowest BCUT2D eigenvalue weighted by molar-refractivity contribution is 0.426. The maximum absolute atomic E-state index is 13.4. The third-order valence-electron chi connectivity index (χ3n) is 3.39. The molecule has 0 saturated carbocycles. The lowest BCUT2D eigenvalue weighted by atomic mass is 9.98. The van der Waals surface area contributed by atoms with Crippen LogP contribution in [0, 0.1) is 6.92 Å². The second kappa shape index (κ2) is 4.93. The number of rotatable bonds is 2. The van der Waals surface area contributed by atoms with E-state index in [0.717, 1.165) is 16.5 Å². The Hall–Kier alpha value is -2.42. The first-order valence-electron chi connectivity index (χ1n) is 6.35. The molecule has 0 unspecified atom stereocenters. The van der Waals surface area contributed by atoms with Gasteiger partial charge < -0.3 is 4.98 Å². The maximum atomic E-state index is 13.4. The number of aromatic nitrogens is 1. The lowest BCUT2D eigenvalue weighted by Gasteiger charge is -2.06. The number of H-pyrrole nitrogens is 1. The second-order valence-electron chi connectivity index (χ2n) is 4.75. The molecule has 1 nitrogen and oxygen atoms in total. The number of aryl methyl sites for hydroxylation is 1. The van der Waals surface area contributed by atoms with E-state index in [2.05, 4.69) is 4.98 Å². The predicted octanol–water partition coefficient (Wildman–Crippen LogP) is 5.13. The van der Waals surface area contributed by atoms with E-state index in [1.54, 1.807) is 18.3 Å². The van der Waals surface area contributed by atoms with Crippen molar-refractivity contribution in [3.05, 3.63) is 77.5 Å². The molecular formula is C17H13F2N. The summed E-state index contributed by atoms with van der Waals surface area (Å²) in [6.45, 7) is 1.94. The SMILES string of the molecule is Cc1ccc(C(=C(F)F)c2c[nH]c3ccccc23)cc1. The molecule has 3 aromatic rings. The fraction of sp³-hybridized carbons (Fsp3) is 0.0588. The monoisotopic (exact) mass is 269 g/mol. The molecule has 1 N–H and O–H groups in total. The minimum Gasteiger partial charge on any atom is -0.361 e. The van der Waals surface area contributed by atoms with Crippen LogP contribution in [0.5, 0.6) is 0 Å². The molecule has 0 radical (unpaired) electrons. The van der Waals surface area contributed by atoms with Gasteiger partial charge in [-0.25, -0.2) is 0 Å². The van der Waals surface area contributed by atoms with Crippen LogP contribution in [0.3, 0.4) is 0 Å². The molecule has 0 atom stereocenters. The summed E-state index contributed by atoms with van der Waals surface area (Å²) in [6.07, 6.45) is -0.0300. The van der Waals surface area contributed by atoms with Crippen LogP contribution < -0.4 is 0 Å². The Bertz CT molecular complexity index is 778. The molecule has 2 aromatic carbocycles. The fourth-order valence-electron chi connectivity index (χ4n) is 2.36. The highest BCUT2D eigenvalue weighted by Crippen LogP contribution is 2.33. The molecule has 0 fully saturated rings. The standard InChI is InChI=1S/C17H13F2N/c1-11-6-8-12(9-7-11)16(17(18)19)14-10-20-15-5-3-2-4-13(14)15/h2-10,20H,1H3. The van der Waals surface area contributed by atoms with Crippen LogP contribution in [-0.2, 0) is 0 Å². The van der Waals surface area contributed by atoms with Crippen molar-refractivity contribution in [1.82, 2.24) is 4.98 Å². The van der Waals surface area contributed by atoms with Crippen LogP contribution in [0.1, 0.15) is 16.7 Å². The average Bonchev–Trinajstić information content (AvgIpc) is 2.85. The first kappa shape index (κ1) is 12.6. The Morgan fingerprint density at radius 1 is 0.950 bits per heavy atom.